The van der Waals surface area contributed by atoms with Gasteiger partial charge in [-0.1, -0.05) is 29.8 Å². The van der Waals surface area contributed by atoms with E-state index in [9.17, 15) is 4.79 Å². The van der Waals surface area contributed by atoms with E-state index in [-0.39, 0.29) is 11.5 Å². The van der Waals surface area contributed by atoms with Crippen LogP contribution in [0.1, 0.15) is 19.4 Å². The van der Waals surface area contributed by atoms with Crippen LogP contribution in [0.25, 0.3) is 0 Å². The summed E-state index contributed by atoms with van der Waals surface area (Å²) >= 11 is 5.74. The van der Waals surface area contributed by atoms with Crippen molar-refractivity contribution in [2.75, 3.05) is 0 Å². The van der Waals surface area contributed by atoms with Crippen LogP contribution in [0.3, 0.4) is 0 Å². The summed E-state index contributed by atoms with van der Waals surface area (Å²) in [6.07, 6.45) is 0. The van der Waals surface area contributed by atoms with Crippen LogP contribution in [0.5, 0.6) is 5.75 Å². The molecule has 1 atom stereocenters. The molecule has 1 aromatic rings. The van der Waals surface area contributed by atoms with Gasteiger partial charge in [0, 0.05) is 19.0 Å². The summed E-state index contributed by atoms with van der Waals surface area (Å²) in [6, 6.07) is 7.48. The predicted octanol–water partition coefficient (Wildman–Crippen LogP) is 2.29. The molecule has 1 amide bonds. The third kappa shape index (κ3) is 4.21. The molecule has 0 heterocycles. The van der Waals surface area contributed by atoms with Gasteiger partial charge in [-0.2, -0.15) is 0 Å². The molecule has 0 aliphatic carbocycles. The number of carbonyl (C=O) groups is 1. The Kier molecular flexibility index (Phi) is 4.43. The predicted molar refractivity (Wildman–Crippen MR) is 59.9 cm³/mol. The Morgan fingerprint density at radius 3 is 2.80 bits per heavy atom. The molecule has 0 radical (unpaired) electrons. The molecule has 0 spiro atoms. The van der Waals surface area contributed by atoms with Crippen molar-refractivity contribution >= 4 is 17.5 Å². The number of ether oxygens (including phenoxy) is 1. The number of benzene rings is 1. The monoisotopic (exact) mass is 227 g/mol. The number of para-hydroxylation sites is 1. The number of rotatable bonds is 4. The van der Waals surface area contributed by atoms with Crippen LogP contribution in [0.4, 0.5) is 0 Å². The van der Waals surface area contributed by atoms with Crippen molar-refractivity contribution in [1.29, 1.82) is 0 Å². The second-order valence-electron chi connectivity index (χ2n) is 3.18. The fraction of sp³-hybridized carbons (Fsp3) is 0.364. The summed E-state index contributed by atoms with van der Waals surface area (Å²) in [5, 5.41) is 2.71. The molecule has 0 aliphatic rings. The second kappa shape index (κ2) is 5.61. The van der Waals surface area contributed by atoms with E-state index in [1.54, 1.807) is 6.92 Å². The zero-order valence-corrected chi connectivity index (χ0v) is 9.54. The van der Waals surface area contributed by atoms with Gasteiger partial charge in [0.15, 0.2) is 5.56 Å². The molecule has 15 heavy (non-hydrogen) atoms. The number of halogens is 1. The Balaban J connectivity index is 2.72. The van der Waals surface area contributed by atoms with E-state index in [4.69, 9.17) is 16.3 Å². The van der Waals surface area contributed by atoms with Crippen molar-refractivity contribution in [2.45, 2.75) is 26.0 Å². The van der Waals surface area contributed by atoms with E-state index >= 15 is 0 Å². The first-order chi connectivity index (χ1) is 7.09. The highest BCUT2D eigenvalue weighted by molar-refractivity contribution is 6.19. The van der Waals surface area contributed by atoms with Crippen LogP contribution in [0, 0.1) is 0 Å². The lowest BCUT2D eigenvalue weighted by molar-refractivity contribution is -0.119. The van der Waals surface area contributed by atoms with Crippen LogP contribution < -0.4 is 10.1 Å². The summed E-state index contributed by atoms with van der Waals surface area (Å²) in [5.74, 6) is 0.637. The maximum absolute atomic E-state index is 10.8. The topological polar surface area (TPSA) is 38.3 Å². The minimum absolute atomic E-state index is 0.0660. The van der Waals surface area contributed by atoms with Crippen molar-refractivity contribution in [1.82, 2.24) is 5.32 Å². The Hall–Kier alpha value is -1.22. The van der Waals surface area contributed by atoms with Gasteiger partial charge >= 0.3 is 0 Å². The largest absolute Gasteiger partial charge is 0.475 e. The molecule has 0 fully saturated rings. The van der Waals surface area contributed by atoms with Crippen LogP contribution in [-0.2, 0) is 11.3 Å². The lowest BCUT2D eigenvalue weighted by Crippen LogP contribution is -2.19. The molecule has 0 saturated carbocycles. The Bertz CT molecular complexity index is 339. The molecule has 3 nitrogen and oxygen atoms in total. The highest BCUT2D eigenvalue weighted by Gasteiger charge is 2.05. The number of alkyl halides is 1. The molecular weight excluding hydrogens is 214 g/mol. The maximum atomic E-state index is 10.8. The van der Waals surface area contributed by atoms with E-state index in [0.29, 0.717) is 12.3 Å². The average molecular weight is 228 g/mol. The first kappa shape index (κ1) is 11.9. The molecule has 1 aromatic carbocycles. The number of amides is 1. The lowest BCUT2D eigenvalue weighted by atomic mass is 10.2. The van der Waals surface area contributed by atoms with Gasteiger partial charge in [-0.25, -0.2) is 0 Å². The quantitative estimate of drug-likeness (QED) is 0.802. The van der Waals surface area contributed by atoms with Gasteiger partial charge < -0.3 is 10.1 Å². The summed E-state index contributed by atoms with van der Waals surface area (Å²) < 4.78 is 5.39. The van der Waals surface area contributed by atoms with E-state index in [2.05, 4.69) is 5.32 Å². The van der Waals surface area contributed by atoms with Crippen LogP contribution in [-0.4, -0.2) is 11.5 Å². The van der Waals surface area contributed by atoms with Crippen LogP contribution in [0.2, 0.25) is 0 Å². The maximum Gasteiger partial charge on any atom is 0.217 e. The first-order valence-corrected chi connectivity index (χ1v) is 5.16. The zero-order valence-electron chi connectivity index (χ0n) is 8.79. The van der Waals surface area contributed by atoms with Crippen molar-refractivity contribution in [3.63, 3.8) is 0 Å². The van der Waals surface area contributed by atoms with Crippen molar-refractivity contribution in [2.24, 2.45) is 0 Å². The summed E-state index contributed by atoms with van der Waals surface area (Å²) in [5.41, 5.74) is 0.531. The standard InChI is InChI=1S/C11H14ClNO2/c1-8(12)15-11-6-4-3-5-10(11)7-13-9(2)14/h3-6,8H,7H2,1-2H3,(H,13,14). The molecule has 0 aliphatic heterocycles. The minimum atomic E-state index is -0.386. The number of nitrogens with one attached hydrogen (secondary N) is 1. The van der Waals surface area contributed by atoms with Crippen LogP contribution >= 0.6 is 11.6 Å². The third-order valence-corrected chi connectivity index (χ3v) is 1.88. The van der Waals surface area contributed by atoms with E-state index in [1.165, 1.54) is 6.92 Å². The molecular formula is C11H14ClNO2. The van der Waals surface area contributed by atoms with Crippen molar-refractivity contribution in [3.8, 4) is 5.75 Å². The highest BCUT2D eigenvalue weighted by Crippen LogP contribution is 2.19. The molecule has 4 heteroatoms. The Morgan fingerprint density at radius 1 is 1.53 bits per heavy atom. The average Bonchev–Trinajstić information content (AvgIpc) is 2.15. The number of hydrogen-bond acceptors (Lipinski definition) is 2. The Morgan fingerprint density at radius 2 is 2.20 bits per heavy atom. The molecule has 1 unspecified atom stereocenters. The van der Waals surface area contributed by atoms with E-state index < -0.39 is 0 Å². The smallest absolute Gasteiger partial charge is 0.217 e. The minimum Gasteiger partial charge on any atom is -0.475 e. The molecule has 0 bridgehead atoms. The fourth-order valence-corrected chi connectivity index (χ4v) is 1.26. The molecule has 1 rings (SSSR count). The fourth-order valence-electron chi connectivity index (χ4n) is 1.16. The van der Waals surface area contributed by atoms with Gasteiger partial charge in [0.1, 0.15) is 5.75 Å². The molecule has 0 aromatic heterocycles. The van der Waals surface area contributed by atoms with Crippen LogP contribution in [0.15, 0.2) is 24.3 Å². The van der Waals surface area contributed by atoms with Gasteiger partial charge in [-0.15, -0.1) is 0 Å². The molecule has 82 valence electrons. The third-order valence-electron chi connectivity index (χ3n) is 1.79. The number of carbonyl (C=O) groups excluding carboxylic acids is 1. The van der Waals surface area contributed by atoms with Gasteiger partial charge in [-0.3, -0.25) is 4.79 Å². The van der Waals surface area contributed by atoms with Crippen molar-refractivity contribution in [3.05, 3.63) is 29.8 Å². The van der Waals surface area contributed by atoms with Crippen molar-refractivity contribution < 1.29 is 9.53 Å². The van der Waals surface area contributed by atoms with E-state index in [0.717, 1.165) is 5.56 Å². The molecule has 0 saturated heterocycles. The van der Waals surface area contributed by atoms with Gasteiger partial charge in [0.25, 0.3) is 0 Å². The first-order valence-electron chi connectivity index (χ1n) is 4.72. The SMILES string of the molecule is CC(=O)NCc1ccccc1OC(C)Cl. The van der Waals surface area contributed by atoms with Gasteiger partial charge in [0.05, 0.1) is 0 Å². The Labute approximate surface area is 94.4 Å². The normalized spacial score (nSPS) is 11.9. The van der Waals surface area contributed by atoms with E-state index in [1.807, 2.05) is 24.3 Å². The summed E-state index contributed by atoms with van der Waals surface area (Å²) in [4.78, 5) is 10.8. The molecule has 1 N–H and O–H groups in total. The number of hydrogen-bond donors (Lipinski definition) is 1. The zero-order chi connectivity index (χ0) is 11.3. The van der Waals surface area contributed by atoms with Gasteiger partial charge in [-0.05, 0) is 13.0 Å². The summed E-state index contributed by atoms with van der Waals surface area (Å²) in [6.45, 7) is 3.68. The van der Waals surface area contributed by atoms with Gasteiger partial charge in [0.2, 0.25) is 5.91 Å². The lowest BCUT2D eigenvalue weighted by Gasteiger charge is -2.12. The summed E-state index contributed by atoms with van der Waals surface area (Å²) in [7, 11) is 0. The second-order valence-corrected chi connectivity index (χ2v) is 3.79. The highest BCUT2D eigenvalue weighted by atomic mass is 35.5.